The highest BCUT2D eigenvalue weighted by atomic mass is 32.1. The molecule has 2 heteroatoms. The van der Waals surface area contributed by atoms with Crippen molar-refractivity contribution in [2.24, 2.45) is 16.8 Å². The maximum atomic E-state index is 4.79. The predicted molar refractivity (Wildman–Crippen MR) is 119 cm³/mol. The van der Waals surface area contributed by atoms with Crippen LogP contribution < -0.4 is 0 Å². The second-order valence-electron chi connectivity index (χ2n) is 7.85. The van der Waals surface area contributed by atoms with E-state index in [-0.39, 0.29) is 0 Å². The average Bonchev–Trinajstić information content (AvgIpc) is 2.68. The number of aliphatic imine (C=N–C) groups is 1. The minimum atomic E-state index is 0.572. The Kier molecular flexibility index (Phi) is 6.27. The number of isothiocyanates is 1. The summed E-state index contributed by atoms with van der Waals surface area (Å²) in [5, 5.41) is 2.50. The van der Waals surface area contributed by atoms with Crippen LogP contribution >= 0.6 is 12.2 Å². The maximum Gasteiger partial charge on any atom is 0.0800 e. The van der Waals surface area contributed by atoms with Crippen molar-refractivity contribution in [2.45, 2.75) is 53.4 Å². The van der Waals surface area contributed by atoms with Gasteiger partial charge in [-0.25, -0.2) is 0 Å². The van der Waals surface area contributed by atoms with E-state index in [1.54, 1.807) is 0 Å². The summed E-state index contributed by atoms with van der Waals surface area (Å²) in [5.41, 5.74) is 8.03. The number of hydrogen-bond donors (Lipinski definition) is 0. The number of benzene rings is 2. The highest BCUT2D eigenvalue weighted by Gasteiger charge is 2.16. The summed E-state index contributed by atoms with van der Waals surface area (Å²) in [6, 6.07) is 10.8. The molecule has 1 aliphatic carbocycles. The fourth-order valence-electron chi connectivity index (χ4n) is 3.91. The monoisotopic (exact) mass is 373 g/mol. The van der Waals surface area contributed by atoms with E-state index in [1.165, 1.54) is 42.4 Å². The zero-order valence-corrected chi connectivity index (χ0v) is 17.5. The highest BCUT2D eigenvalue weighted by Crippen LogP contribution is 2.34. The van der Waals surface area contributed by atoms with Crippen LogP contribution in [0, 0.1) is 44.4 Å². The average molecular weight is 374 g/mol. The van der Waals surface area contributed by atoms with E-state index in [0.29, 0.717) is 5.92 Å². The first-order chi connectivity index (χ1) is 13.0. The van der Waals surface area contributed by atoms with Crippen molar-refractivity contribution in [2.75, 3.05) is 0 Å². The third kappa shape index (κ3) is 4.56. The Bertz CT molecular complexity index is 929. The van der Waals surface area contributed by atoms with E-state index in [2.05, 4.69) is 80.0 Å². The van der Waals surface area contributed by atoms with Gasteiger partial charge in [-0.3, -0.25) is 0 Å². The molecule has 0 radical (unpaired) electrons. The van der Waals surface area contributed by atoms with E-state index in [9.17, 15) is 0 Å². The number of rotatable bonds is 2. The van der Waals surface area contributed by atoms with Crippen LogP contribution in [-0.4, -0.2) is 5.16 Å². The molecule has 1 nitrogen and oxygen atoms in total. The van der Waals surface area contributed by atoms with Crippen LogP contribution in [0.1, 0.15) is 54.9 Å². The van der Waals surface area contributed by atoms with Crippen molar-refractivity contribution in [1.29, 1.82) is 0 Å². The first-order valence-electron chi connectivity index (χ1n) is 9.80. The van der Waals surface area contributed by atoms with Crippen LogP contribution in [0.3, 0.4) is 0 Å². The Labute approximate surface area is 168 Å². The maximum absolute atomic E-state index is 4.79. The van der Waals surface area contributed by atoms with Gasteiger partial charge in [0.2, 0.25) is 0 Å². The second kappa shape index (κ2) is 8.66. The smallest absolute Gasteiger partial charge is 0.0800 e. The number of hydrogen-bond acceptors (Lipinski definition) is 2. The van der Waals surface area contributed by atoms with Crippen molar-refractivity contribution < 1.29 is 0 Å². The van der Waals surface area contributed by atoms with Crippen LogP contribution in [0.5, 0.6) is 0 Å². The molecule has 1 fully saturated rings. The van der Waals surface area contributed by atoms with Crippen LogP contribution in [0.15, 0.2) is 35.3 Å². The lowest BCUT2D eigenvalue weighted by molar-refractivity contribution is 0.337. The van der Waals surface area contributed by atoms with Crippen LogP contribution in [-0.2, 0) is 0 Å². The van der Waals surface area contributed by atoms with E-state index >= 15 is 0 Å². The molecule has 0 unspecified atom stereocenters. The van der Waals surface area contributed by atoms with Gasteiger partial charge in [-0.1, -0.05) is 30.9 Å². The fourth-order valence-corrected chi connectivity index (χ4v) is 4.00. The fraction of sp³-hybridized carbons (Fsp3) is 0.400. The molecule has 0 N–H and O–H groups in total. The molecule has 0 aromatic heterocycles. The molecule has 0 atom stereocenters. The Hall–Kier alpha value is -2.20. The molecule has 1 saturated carbocycles. The normalized spacial score (nSPS) is 19.0. The standard InChI is InChI=1S/C25H27NS/c1-17-5-7-21(8-6-17)9-10-22-11-13-23(14-12-22)24-15-18(2)25(26-16-27)20(4)19(24)3/h11-15,17,21H,5-8H2,1-4H3. The zero-order chi connectivity index (χ0) is 19.4. The predicted octanol–water partition coefficient (Wildman–Crippen LogP) is 7.19. The van der Waals surface area contributed by atoms with Gasteiger partial charge in [0.25, 0.3) is 0 Å². The van der Waals surface area contributed by atoms with Crippen molar-refractivity contribution >= 4 is 23.1 Å². The number of aryl methyl sites for hydroxylation is 1. The van der Waals surface area contributed by atoms with Gasteiger partial charge in [0.05, 0.1) is 10.8 Å². The quantitative estimate of drug-likeness (QED) is 0.308. The topological polar surface area (TPSA) is 12.4 Å². The SMILES string of the molecule is Cc1cc(-c2ccc(C#CC3CCC(C)CC3)cc2)c(C)c(C)c1N=C=S. The summed E-state index contributed by atoms with van der Waals surface area (Å²) in [6.07, 6.45) is 5.14. The van der Waals surface area contributed by atoms with E-state index in [1.807, 2.05) is 0 Å². The third-order valence-electron chi connectivity index (χ3n) is 5.85. The van der Waals surface area contributed by atoms with Gasteiger partial charge in [0.15, 0.2) is 0 Å². The molecule has 138 valence electrons. The first-order valence-corrected chi connectivity index (χ1v) is 10.2. The summed E-state index contributed by atoms with van der Waals surface area (Å²) in [5.74, 6) is 8.32. The first kappa shape index (κ1) is 19.6. The van der Waals surface area contributed by atoms with Gasteiger partial charge in [-0.2, -0.15) is 4.99 Å². The molecule has 0 amide bonds. The van der Waals surface area contributed by atoms with E-state index in [0.717, 1.165) is 28.3 Å². The molecule has 0 saturated heterocycles. The van der Waals surface area contributed by atoms with Crippen molar-refractivity contribution in [3.05, 3.63) is 52.6 Å². The molecule has 0 bridgehead atoms. The molecule has 1 aliphatic rings. The molecule has 3 rings (SSSR count). The lowest BCUT2D eigenvalue weighted by Crippen LogP contribution is -2.10. The summed E-state index contributed by atoms with van der Waals surface area (Å²) in [6.45, 7) is 8.67. The summed E-state index contributed by atoms with van der Waals surface area (Å²) < 4.78 is 0. The van der Waals surface area contributed by atoms with Crippen LogP contribution in [0.4, 0.5) is 5.69 Å². The van der Waals surface area contributed by atoms with Crippen molar-refractivity contribution in [1.82, 2.24) is 0 Å². The molecule has 2 aromatic rings. The highest BCUT2D eigenvalue weighted by molar-refractivity contribution is 7.78. The molecular weight excluding hydrogens is 346 g/mol. The van der Waals surface area contributed by atoms with Crippen molar-refractivity contribution in [3.8, 4) is 23.0 Å². The van der Waals surface area contributed by atoms with Crippen LogP contribution in [0.2, 0.25) is 0 Å². The van der Waals surface area contributed by atoms with Gasteiger partial charge >= 0.3 is 0 Å². The summed E-state index contributed by atoms with van der Waals surface area (Å²) in [7, 11) is 0. The Morgan fingerprint density at radius 2 is 1.63 bits per heavy atom. The minimum Gasteiger partial charge on any atom is -0.194 e. The van der Waals surface area contributed by atoms with Gasteiger partial charge in [0, 0.05) is 11.5 Å². The van der Waals surface area contributed by atoms with E-state index < -0.39 is 0 Å². The third-order valence-corrected chi connectivity index (χ3v) is 5.94. The molecule has 27 heavy (non-hydrogen) atoms. The van der Waals surface area contributed by atoms with Crippen molar-refractivity contribution in [3.63, 3.8) is 0 Å². The van der Waals surface area contributed by atoms with E-state index in [4.69, 9.17) is 12.2 Å². The number of nitrogens with zero attached hydrogens (tertiary/aromatic N) is 1. The second-order valence-corrected chi connectivity index (χ2v) is 8.03. The Balaban J connectivity index is 1.83. The molecular formula is C25H27NS. The molecule has 2 aromatic carbocycles. The molecule has 0 spiro atoms. The molecule has 0 aliphatic heterocycles. The Morgan fingerprint density at radius 3 is 2.26 bits per heavy atom. The minimum absolute atomic E-state index is 0.572. The number of thiocarbonyl (C=S) groups is 1. The van der Waals surface area contributed by atoms with Gasteiger partial charge in [-0.05, 0) is 111 Å². The summed E-state index contributed by atoms with van der Waals surface area (Å²) >= 11 is 4.79. The van der Waals surface area contributed by atoms with Crippen LogP contribution in [0.25, 0.3) is 11.1 Å². The lowest BCUT2D eigenvalue weighted by atomic mass is 9.83. The lowest BCUT2D eigenvalue weighted by Gasteiger charge is -2.21. The largest absolute Gasteiger partial charge is 0.194 e. The van der Waals surface area contributed by atoms with Gasteiger partial charge in [-0.15, -0.1) is 0 Å². The molecule has 0 heterocycles. The summed E-state index contributed by atoms with van der Waals surface area (Å²) in [4.78, 5) is 4.24. The Morgan fingerprint density at radius 1 is 0.963 bits per heavy atom. The zero-order valence-electron chi connectivity index (χ0n) is 16.7. The van der Waals surface area contributed by atoms with Gasteiger partial charge in [0.1, 0.15) is 0 Å². The van der Waals surface area contributed by atoms with Gasteiger partial charge < -0.3 is 0 Å².